The summed E-state index contributed by atoms with van der Waals surface area (Å²) in [7, 11) is 0. The van der Waals surface area contributed by atoms with E-state index in [0.29, 0.717) is 0 Å². The van der Waals surface area contributed by atoms with E-state index in [-0.39, 0.29) is 11.3 Å². The van der Waals surface area contributed by atoms with Crippen molar-refractivity contribution in [1.82, 2.24) is 0 Å². The molecule has 21 heavy (non-hydrogen) atoms. The Morgan fingerprint density at radius 1 is 1.10 bits per heavy atom. The summed E-state index contributed by atoms with van der Waals surface area (Å²) in [6, 6.07) is 12.3. The Bertz CT molecular complexity index is 616. The highest BCUT2D eigenvalue weighted by atomic mass is 79.9. The van der Waals surface area contributed by atoms with Gasteiger partial charge in [0.15, 0.2) is 0 Å². The molecular weight excluding hydrogens is 365 g/mol. The maximum Gasteiger partial charge on any atom is 0.416 e. The molecule has 2 rings (SSSR count). The van der Waals surface area contributed by atoms with Gasteiger partial charge >= 0.3 is 6.18 Å². The molecule has 0 aliphatic carbocycles. The predicted molar refractivity (Wildman–Crippen MR) is 81.3 cm³/mol. The van der Waals surface area contributed by atoms with Crippen LogP contribution >= 0.6 is 27.7 Å². The fourth-order valence-electron chi connectivity index (χ4n) is 1.75. The van der Waals surface area contributed by atoms with E-state index in [4.69, 9.17) is 0 Å². The number of benzene rings is 2. The van der Waals surface area contributed by atoms with Gasteiger partial charge in [-0.3, -0.25) is 0 Å². The van der Waals surface area contributed by atoms with Crippen molar-refractivity contribution in [2.75, 3.05) is 5.75 Å². The van der Waals surface area contributed by atoms with Crippen molar-refractivity contribution < 1.29 is 18.3 Å². The Morgan fingerprint density at radius 2 is 1.81 bits per heavy atom. The van der Waals surface area contributed by atoms with Crippen molar-refractivity contribution in [2.24, 2.45) is 0 Å². The second kappa shape index (κ2) is 6.85. The van der Waals surface area contributed by atoms with Crippen LogP contribution < -0.4 is 0 Å². The van der Waals surface area contributed by atoms with Crippen molar-refractivity contribution in [3.63, 3.8) is 0 Å². The summed E-state index contributed by atoms with van der Waals surface area (Å²) >= 11 is 4.77. The van der Waals surface area contributed by atoms with E-state index in [9.17, 15) is 18.3 Å². The lowest BCUT2D eigenvalue weighted by Crippen LogP contribution is -2.07. The van der Waals surface area contributed by atoms with Gasteiger partial charge in [-0.25, -0.2) is 0 Å². The largest absolute Gasteiger partial charge is 0.416 e. The minimum atomic E-state index is -4.40. The van der Waals surface area contributed by atoms with Gasteiger partial charge in [0.2, 0.25) is 0 Å². The molecule has 0 amide bonds. The van der Waals surface area contributed by atoms with Crippen molar-refractivity contribution >= 4 is 27.7 Å². The summed E-state index contributed by atoms with van der Waals surface area (Å²) in [4.78, 5) is 0.934. The van der Waals surface area contributed by atoms with E-state index in [0.717, 1.165) is 21.5 Å². The van der Waals surface area contributed by atoms with Crippen molar-refractivity contribution in [1.29, 1.82) is 0 Å². The van der Waals surface area contributed by atoms with Gasteiger partial charge in [-0.2, -0.15) is 13.2 Å². The predicted octanol–water partition coefficient (Wildman–Crippen LogP) is 5.29. The van der Waals surface area contributed by atoms with E-state index in [2.05, 4.69) is 15.9 Å². The van der Waals surface area contributed by atoms with Crippen LogP contribution in [-0.2, 0) is 6.18 Å². The molecule has 0 aromatic heterocycles. The molecule has 1 atom stereocenters. The fourth-order valence-corrected chi connectivity index (χ4v) is 3.29. The summed E-state index contributed by atoms with van der Waals surface area (Å²) in [5, 5.41) is 10.1. The van der Waals surface area contributed by atoms with Crippen molar-refractivity contribution in [3.8, 4) is 0 Å². The van der Waals surface area contributed by atoms with Gasteiger partial charge in [-0.15, -0.1) is 11.8 Å². The lowest BCUT2D eigenvalue weighted by molar-refractivity contribution is -0.137. The normalized spacial score (nSPS) is 13.2. The lowest BCUT2D eigenvalue weighted by Gasteiger charge is -2.14. The van der Waals surface area contributed by atoms with Crippen molar-refractivity contribution in [2.45, 2.75) is 17.2 Å². The van der Waals surface area contributed by atoms with Crippen LogP contribution in [-0.4, -0.2) is 10.9 Å². The van der Waals surface area contributed by atoms with E-state index < -0.39 is 17.8 Å². The first-order valence-corrected chi connectivity index (χ1v) is 7.88. The highest BCUT2D eigenvalue weighted by Gasteiger charge is 2.30. The Kier molecular flexibility index (Phi) is 5.35. The van der Waals surface area contributed by atoms with Gasteiger partial charge < -0.3 is 5.11 Å². The highest BCUT2D eigenvalue weighted by Crippen LogP contribution is 2.33. The third-order valence-electron chi connectivity index (χ3n) is 2.83. The quantitative estimate of drug-likeness (QED) is 0.731. The highest BCUT2D eigenvalue weighted by molar-refractivity contribution is 9.10. The molecule has 2 aromatic carbocycles. The fraction of sp³-hybridized carbons (Fsp3) is 0.200. The average molecular weight is 377 g/mol. The monoisotopic (exact) mass is 376 g/mol. The minimum absolute atomic E-state index is 0.268. The van der Waals surface area contributed by atoms with Crippen molar-refractivity contribution in [3.05, 3.63) is 64.1 Å². The smallest absolute Gasteiger partial charge is 0.388 e. The number of hydrogen-bond donors (Lipinski definition) is 1. The summed E-state index contributed by atoms with van der Waals surface area (Å²) in [6.07, 6.45) is -5.35. The molecule has 1 N–H and O–H groups in total. The molecule has 0 heterocycles. The Hall–Kier alpha value is -0.980. The standard InChI is InChI=1S/C15H12BrF3OS/c16-12-6-1-2-7-14(12)21-9-13(20)10-4-3-5-11(8-10)15(17,18)19/h1-8,13,20H,9H2. The summed E-state index contributed by atoms with van der Waals surface area (Å²) < 4.78 is 38.8. The zero-order valence-electron chi connectivity index (χ0n) is 10.8. The molecule has 0 saturated carbocycles. The van der Waals surface area contributed by atoms with Crippen LogP contribution in [0, 0.1) is 0 Å². The molecule has 0 saturated heterocycles. The third-order valence-corrected chi connectivity index (χ3v) is 4.94. The van der Waals surface area contributed by atoms with Crippen LogP contribution in [0.5, 0.6) is 0 Å². The first-order valence-electron chi connectivity index (χ1n) is 6.10. The Morgan fingerprint density at radius 3 is 2.48 bits per heavy atom. The topological polar surface area (TPSA) is 20.2 Å². The van der Waals surface area contributed by atoms with E-state index in [1.165, 1.54) is 23.9 Å². The number of aliphatic hydroxyl groups excluding tert-OH is 1. The van der Waals surface area contributed by atoms with Crippen LogP contribution in [0.1, 0.15) is 17.2 Å². The van der Waals surface area contributed by atoms with Crippen LogP contribution in [0.25, 0.3) is 0 Å². The molecular formula is C15H12BrF3OS. The molecule has 112 valence electrons. The number of halogens is 4. The minimum Gasteiger partial charge on any atom is -0.388 e. The van der Waals surface area contributed by atoms with Gasteiger partial charge in [-0.05, 0) is 45.8 Å². The maximum absolute atomic E-state index is 12.6. The summed E-state index contributed by atoms with van der Waals surface area (Å²) in [5.41, 5.74) is -0.477. The van der Waals surface area contributed by atoms with E-state index in [1.54, 1.807) is 0 Å². The van der Waals surface area contributed by atoms with Gasteiger partial charge in [0, 0.05) is 15.1 Å². The van der Waals surface area contributed by atoms with Crippen LogP contribution in [0.15, 0.2) is 57.9 Å². The number of aliphatic hydroxyl groups is 1. The van der Waals surface area contributed by atoms with Gasteiger partial charge in [0.25, 0.3) is 0 Å². The molecule has 0 aliphatic heterocycles. The summed E-state index contributed by atoms with van der Waals surface area (Å²) in [6.45, 7) is 0. The van der Waals surface area contributed by atoms with Gasteiger partial charge in [0.1, 0.15) is 0 Å². The molecule has 0 bridgehead atoms. The third kappa shape index (κ3) is 4.49. The maximum atomic E-state index is 12.6. The zero-order valence-corrected chi connectivity index (χ0v) is 13.2. The van der Waals surface area contributed by atoms with Crippen LogP contribution in [0.3, 0.4) is 0 Å². The number of hydrogen-bond acceptors (Lipinski definition) is 2. The molecule has 0 fully saturated rings. The molecule has 0 aliphatic rings. The molecule has 0 radical (unpaired) electrons. The molecule has 1 unspecified atom stereocenters. The molecule has 2 aromatic rings. The van der Waals surface area contributed by atoms with E-state index >= 15 is 0 Å². The second-order valence-corrected chi connectivity index (χ2v) is 6.30. The first-order chi connectivity index (χ1) is 9.88. The summed E-state index contributed by atoms with van der Waals surface area (Å²) in [5.74, 6) is 0.282. The Balaban J connectivity index is 2.07. The van der Waals surface area contributed by atoms with Crippen LogP contribution in [0.4, 0.5) is 13.2 Å². The van der Waals surface area contributed by atoms with Gasteiger partial charge in [-0.1, -0.05) is 24.3 Å². The molecule has 0 spiro atoms. The zero-order chi connectivity index (χ0) is 15.5. The first kappa shape index (κ1) is 16.4. The molecule has 6 heteroatoms. The Labute approximate surface area is 133 Å². The number of rotatable bonds is 4. The lowest BCUT2D eigenvalue weighted by atomic mass is 10.1. The number of alkyl halides is 3. The SMILES string of the molecule is OC(CSc1ccccc1Br)c1cccc(C(F)(F)F)c1. The van der Waals surface area contributed by atoms with Crippen LogP contribution in [0.2, 0.25) is 0 Å². The molecule has 1 nitrogen and oxygen atoms in total. The number of thioether (sulfide) groups is 1. The van der Waals surface area contributed by atoms with E-state index in [1.807, 2.05) is 24.3 Å². The van der Waals surface area contributed by atoms with Gasteiger partial charge in [0.05, 0.1) is 11.7 Å². The average Bonchev–Trinajstić information content (AvgIpc) is 2.45. The second-order valence-electron chi connectivity index (χ2n) is 4.38.